The SMILES string of the molecule is COc1cccc2c1CC[C@@H]1[C@H]2CCN1CCCC1CCCCC1. The van der Waals surface area contributed by atoms with Gasteiger partial charge in [-0.25, -0.2) is 0 Å². The van der Waals surface area contributed by atoms with Crippen LogP contribution in [-0.2, 0) is 6.42 Å². The maximum Gasteiger partial charge on any atom is 0.122 e. The molecule has 1 saturated heterocycles. The summed E-state index contributed by atoms with van der Waals surface area (Å²) in [5.41, 5.74) is 3.07. The van der Waals surface area contributed by atoms with Crippen molar-refractivity contribution in [1.82, 2.24) is 4.90 Å². The Bertz CT molecular complexity index is 549. The Labute approximate surface area is 147 Å². The van der Waals surface area contributed by atoms with Gasteiger partial charge in [0.1, 0.15) is 5.75 Å². The predicted octanol–water partition coefficient (Wildman–Crippen LogP) is 5.16. The Morgan fingerprint density at radius 3 is 2.79 bits per heavy atom. The van der Waals surface area contributed by atoms with Crippen molar-refractivity contribution < 1.29 is 4.74 Å². The van der Waals surface area contributed by atoms with Crippen LogP contribution in [0.25, 0.3) is 0 Å². The van der Waals surface area contributed by atoms with Crippen molar-refractivity contribution in [3.63, 3.8) is 0 Å². The lowest BCUT2D eigenvalue weighted by atomic mass is 9.79. The molecular weight excluding hydrogens is 294 g/mol. The third-order valence-electron chi connectivity index (χ3n) is 6.92. The molecule has 4 rings (SSSR count). The summed E-state index contributed by atoms with van der Waals surface area (Å²) in [6.45, 7) is 2.63. The summed E-state index contributed by atoms with van der Waals surface area (Å²) in [7, 11) is 1.81. The van der Waals surface area contributed by atoms with Crippen LogP contribution in [0.4, 0.5) is 0 Å². The molecule has 1 heterocycles. The molecule has 0 amide bonds. The highest BCUT2D eigenvalue weighted by atomic mass is 16.5. The van der Waals surface area contributed by atoms with Crippen LogP contribution in [0.1, 0.15) is 74.8 Å². The number of fused-ring (bicyclic) bond motifs is 3. The van der Waals surface area contributed by atoms with Gasteiger partial charge in [-0.1, -0.05) is 44.2 Å². The van der Waals surface area contributed by atoms with Crippen LogP contribution in [0.3, 0.4) is 0 Å². The average Bonchev–Trinajstić information content (AvgIpc) is 3.05. The highest BCUT2D eigenvalue weighted by Crippen LogP contribution is 2.44. The van der Waals surface area contributed by atoms with E-state index in [2.05, 4.69) is 23.1 Å². The van der Waals surface area contributed by atoms with Crippen molar-refractivity contribution in [2.45, 2.75) is 76.2 Å². The van der Waals surface area contributed by atoms with Crippen molar-refractivity contribution in [1.29, 1.82) is 0 Å². The molecule has 0 spiro atoms. The quantitative estimate of drug-likeness (QED) is 0.740. The Balaban J connectivity index is 1.35. The first-order chi connectivity index (χ1) is 11.9. The fourth-order valence-electron chi connectivity index (χ4n) is 5.68. The average molecular weight is 328 g/mol. The first-order valence-electron chi connectivity index (χ1n) is 10.3. The molecule has 1 aromatic carbocycles. The normalized spacial score (nSPS) is 27.7. The van der Waals surface area contributed by atoms with Crippen LogP contribution in [0.2, 0.25) is 0 Å². The molecule has 24 heavy (non-hydrogen) atoms. The molecule has 1 saturated carbocycles. The molecule has 0 unspecified atom stereocenters. The Morgan fingerprint density at radius 2 is 1.96 bits per heavy atom. The van der Waals surface area contributed by atoms with Crippen LogP contribution in [0.15, 0.2) is 18.2 Å². The zero-order valence-corrected chi connectivity index (χ0v) is 15.3. The first kappa shape index (κ1) is 16.4. The van der Waals surface area contributed by atoms with Gasteiger partial charge in [-0.05, 0) is 68.3 Å². The van der Waals surface area contributed by atoms with Gasteiger partial charge in [0.15, 0.2) is 0 Å². The highest BCUT2D eigenvalue weighted by Gasteiger charge is 2.39. The van der Waals surface area contributed by atoms with Gasteiger partial charge < -0.3 is 4.74 Å². The van der Waals surface area contributed by atoms with Crippen LogP contribution >= 0.6 is 0 Å². The minimum atomic E-state index is 0.749. The molecule has 2 atom stereocenters. The van der Waals surface area contributed by atoms with E-state index in [-0.39, 0.29) is 0 Å². The van der Waals surface area contributed by atoms with E-state index in [1.807, 2.05) is 7.11 Å². The third-order valence-corrected chi connectivity index (χ3v) is 6.92. The molecule has 0 aromatic heterocycles. The standard InChI is InChI=1S/C22H33NO/c1-24-22-11-5-10-18-19-14-16-23(21(19)13-12-20(18)22)15-6-9-17-7-3-2-4-8-17/h5,10-11,17,19,21H,2-4,6-9,12-16H2,1H3/t19-,21+/m0/s1. The fourth-order valence-corrected chi connectivity index (χ4v) is 5.68. The summed E-state index contributed by atoms with van der Waals surface area (Å²) in [5.74, 6) is 2.90. The fraction of sp³-hybridized carbons (Fsp3) is 0.727. The number of nitrogens with zero attached hydrogens (tertiary/aromatic N) is 1. The molecule has 132 valence electrons. The van der Waals surface area contributed by atoms with Gasteiger partial charge in [0.25, 0.3) is 0 Å². The monoisotopic (exact) mass is 327 g/mol. The number of methoxy groups -OCH3 is 1. The van der Waals surface area contributed by atoms with Crippen LogP contribution < -0.4 is 4.74 Å². The van der Waals surface area contributed by atoms with E-state index < -0.39 is 0 Å². The molecule has 0 N–H and O–H groups in total. The summed E-state index contributed by atoms with van der Waals surface area (Å²) < 4.78 is 5.61. The number of rotatable bonds is 5. The van der Waals surface area contributed by atoms with E-state index in [4.69, 9.17) is 4.74 Å². The molecule has 1 aliphatic heterocycles. The van der Waals surface area contributed by atoms with Crippen LogP contribution in [0.5, 0.6) is 5.75 Å². The molecule has 2 nitrogen and oxygen atoms in total. The molecule has 2 aliphatic carbocycles. The molecule has 2 heteroatoms. The van der Waals surface area contributed by atoms with Crippen molar-refractivity contribution in [2.24, 2.45) is 5.92 Å². The summed E-state index contributed by atoms with van der Waals surface area (Å²) in [5, 5.41) is 0. The van der Waals surface area contributed by atoms with Gasteiger partial charge in [0.05, 0.1) is 7.11 Å². The van der Waals surface area contributed by atoms with Crippen LogP contribution in [0, 0.1) is 5.92 Å². The van der Waals surface area contributed by atoms with E-state index >= 15 is 0 Å². The molecular formula is C22H33NO. The lowest BCUT2D eigenvalue weighted by Gasteiger charge is -2.34. The van der Waals surface area contributed by atoms with Crippen molar-refractivity contribution in [2.75, 3.05) is 20.2 Å². The third kappa shape index (κ3) is 3.22. The molecule has 3 aliphatic rings. The Kier molecular flexibility index (Phi) is 5.12. The topological polar surface area (TPSA) is 12.5 Å². The maximum atomic E-state index is 5.61. The van der Waals surface area contributed by atoms with Gasteiger partial charge in [0.2, 0.25) is 0 Å². The van der Waals surface area contributed by atoms with Gasteiger partial charge >= 0.3 is 0 Å². The highest BCUT2D eigenvalue weighted by molar-refractivity contribution is 5.45. The number of likely N-dealkylation sites (tertiary alicyclic amines) is 1. The van der Waals surface area contributed by atoms with Gasteiger partial charge in [-0.2, -0.15) is 0 Å². The number of ether oxygens (including phenoxy) is 1. The van der Waals surface area contributed by atoms with Crippen molar-refractivity contribution in [3.05, 3.63) is 29.3 Å². The second kappa shape index (κ2) is 7.47. The summed E-state index contributed by atoms with van der Waals surface area (Å²) in [6, 6.07) is 7.47. The van der Waals surface area contributed by atoms with Gasteiger partial charge in [-0.15, -0.1) is 0 Å². The summed E-state index contributed by atoms with van der Waals surface area (Å²) in [6.07, 6.45) is 14.2. The number of benzene rings is 1. The molecule has 2 fully saturated rings. The largest absolute Gasteiger partial charge is 0.496 e. The van der Waals surface area contributed by atoms with Gasteiger partial charge in [0, 0.05) is 12.0 Å². The summed E-state index contributed by atoms with van der Waals surface area (Å²) in [4.78, 5) is 2.82. The van der Waals surface area contributed by atoms with E-state index in [9.17, 15) is 0 Å². The predicted molar refractivity (Wildman–Crippen MR) is 99.8 cm³/mol. The van der Waals surface area contributed by atoms with Crippen molar-refractivity contribution >= 4 is 0 Å². The van der Waals surface area contributed by atoms with Gasteiger partial charge in [-0.3, -0.25) is 4.90 Å². The smallest absolute Gasteiger partial charge is 0.122 e. The minimum Gasteiger partial charge on any atom is -0.496 e. The van der Waals surface area contributed by atoms with E-state index in [1.165, 1.54) is 82.9 Å². The lowest BCUT2D eigenvalue weighted by molar-refractivity contribution is 0.212. The molecule has 0 bridgehead atoms. The van der Waals surface area contributed by atoms with Crippen LogP contribution in [-0.4, -0.2) is 31.1 Å². The van der Waals surface area contributed by atoms with E-state index in [1.54, 1.807) is 5.56 Å². The molecule has 0 radical (unpaired) electrons. The molecule has 1 aromatic rings. The second-order valence-electron chi connectivity index (χ2n) is 8.21. The van der Waals surface area contributed by atoms with Crippen molar-refractivity contribution in [3.8, 4) is 5.75 Å². The number of hydrogen-bond acceptors (Lipinski definition) is 2. The van der Waals surface area contributed by atoms with E-state index in [0.29, 0.717) is 0 Å². The summed E-state index contributed by atoms with van der Waals surface area (Å²) >= 11 is 0. The first-order valence-corrected chi connectivity index (χ1v) is 10.3. The lowest BCUT2D eigenvalue weighted by Crippen LogP contribution is -2.36. The zero-order valence-electron chi connectivity index (χ0n) is 15.3. The minimum absolute atomic E-state index is 0.749. The zero-order chi connectivity index (χ0) is 16.4. The maximum absolute atomic E-state index is 5.61. The number of hydrogen-bond donors (Lipinski definition) is 0. The Morgan fingerprint density at radius 1 is 1.08 bits per heavy atom. The second-order valence-corrected chi connectivity index (χ2v) is 8.21. The van der Waals surface area contributed by atoms with E-state index in [0.717, 1.165) is 23.6 Å². The Hall–Kier alpha value is -1.02.